The molecule has 0 unspecified atom stereocenters. The highest BCUT2D eigenvalue weighted by Crippen LogP contribution is 2.51. The first-order valence-electron chi connectivity index (χ1n) is 12.2. The second-order valence-corrected chi connectivity index (χ2v) is 10.2. The van der Waals surface area contributed by atoms with Crippen LogP contribution in [-0.2, 0) is 19.1 Å². The zero-order valence-electron chi connectivity index (χ0n) is 19.3. The molecule has 3 heterocycles. The zero-order valence-corrected chi connectivity index (χ0v) is 19.3. The number of aliphatic carboxylic acids is 1. The number of ether oxygens (including phenoxy) is 2. The molecule has 2 amide bonds. The minimum Gasteiger partial charge on any atom is -0.479 e. The summed E-state index contributed by atoms with van der Waals surface area (Å²) >= 11 is 0. The molecule has 35 heavy (non-hydrogen) atoms. The van der Waals surface area contributed by atoms with Crippen molar-refractivity contribution < 1.29 is 29.0 Å². The molecule has 5 aliphatic rings. The summed E-state index contributed by atoms with van der Waals surface area (Å²) in [7, 11) is 0. The van der Waals surface area contributed by atoms with Crippen LogP contribution in [0.1, 0.15) is 36.3 Å². The molecule has 3 saturated heterocycles. The fraction of sp³-hybridized carbons (Fsp3) is 0.444. The molecule has 8 nitrogen and oxygen atoms in total. The van der Waals surface area contributed by atoms with Gasteiger partial charge in [0.1, 0.15) is 12.1 Å². The molecular weight excluding hydrogens is 448 g/mol. The Morgan fingerprint density at radius 1 is 1.06 bits per heavy atom. The van der Waals surface area contributed by atoms with E-state index in [-0.39, 0.29) is 43.6 Å². The number of carbonyl (C=O) groups excluding carboxylic acids is 2. The fourth-order valence-corrected chi connectivity index (χ4v) is 6.36. The number of carboxylic acids is 1. The van der Waals surface area contributed by atoms with Gasteiger partial charge in [0.2, 0.25) is 5.91 Å². The molecule has 2 aliphatic carbocycles. The van der Waals surface area contributed by atoms with Gasteiger partial charge in [-0.05, 0) is 47.4 Å². The first-order chi connectivity index (χ1) is 17.0. The van der Waals surface area contributed by atoms with Gasteiger partial charge in [0.15, 0.2) is 0 Å². The van der Waals surface area contributed by atoms with Crippen molar-refractivity contribution in [2.45, 2.75) is 36.8 Å². The number of carboxylic acid groups (broad SMARTS) is 1. The number of nitrogens with one attached hydrogen (secondary N) is 1. The summed E-state index contributed by atoms with van der Waals surface area (Å²) < 4.78 is 11.3. The van der Waals surface area contributed by atoms with Gasteiger partial charge >= 0.3 is 12.1 Å². The van der Waals surface area contributed by atoms with Crippen LogP contribution in [0.2, 0.25) is 0 Å². The van der Waals surface area contributed by atoms with E-state index in [1.807, 2.05) is 24.3 Å². The smallest absolute Gasteiger partial charge is 0.407 e. The van der Waals surface area contributed by atoms with Crippen molar-refractivity contribution in [3.63, 3.8) is 0 Å². The van der Waals surface area contributed by atoms with Gasteiger partial charge in [0.25, 0.3) is 0 Å². The normalized spacial score (nSPS) is 28.2. The van der Waals surface area contributed by atoms with Crippen molar-refractivity contribution >= 4 is 18.0 Å². The number of hydrogen-bond donors (Lipinski definition) is 2. The van der Waals surface area contributed by atoms with E-state index in [1.54, 1.807) is 4.90 Å². The van der Waals surface area contributed by atoms with E-state index in [0.29, 0.717) is 31.7 Å². The molecule has 0 aromatic heterocycles. The highest BCUT2D eigenvalue weighted by atomic mass is 16.5. The predicted molar refractivity (Wildman–Crippen MR) is 126 cm³/mol. The van der Waals surface area contributed by atoms with Crippen molar-refractivity contribution in [3.8, 4) is 11.1 Å². The molecular formula is C27H28N2O6. The standard InChI is InChI=1S/C27H28N2O6/c30-24(29-13-16-10-27(29,11-16)25(31)32)17-9-18(34-14-17)12-28-26(33)35-15-23-21-7-3-1-5-19(21)20-6-2-4-8-22(20)23/h1-8,16-18,23H,9-15H2,(H,28,33)(H,31,32)/t16?,17-,18-,27?/m0/s1. The first-order valence-corrected chi connectivity index (χ1v) is 12.2. The largest absolute Gasteiger partial charge is 0.479 e. The summed E-state index contributed by atoms with van der Waals surface area (Å²) in [5.74, 6) is -1.14. The molecule has 1 saturated carbocycles. The van der Waals surface area contributed by atoms with E-state index in [1.165, 1.54) is 11.1 Å². The van der Waals surface area contributed by atoms with Gasteiger partial charge in [0, 0.05) is 19.0 Å². The van der Waals surface area contributed by atoms with E-state index in [9.17, 15) is 19.5 Å². The summed E-state index contributed by atoms with van der Waals surface area (Å²) in [6.45, 7) is 1.24. The van der Waals surface area contributed by atoms with Crippen LogP contribution in [0.3, 0.4) is 0 Å². The fourth-order valence-electron chi connectivity index (χ4n) is 6.36. The Hall–Kier alpha value is -3.39. The van der Waals surface area contributed by atoms with Crippen molar-refractivity contribution in [2.24, 2.45) is 11.8 Å². The Labute approximate surface area is 203 Å². The molecule has 4 fully saturated rings. The second-order valence-electron chi connectivity index (χ2n) is 10.2. The van der Waals surface area contributed by atoms with Crippen LogP contribution in [-0.4, -0.2) is 65.9 Å². The van der Waals surface area contributed by atoms with Gasteiger partial charge in [-0.25, -0.2) is 9.59 Å². The summed E-state index contributed by atoms with van der Waals surface area (Å²) in [6.07, 6.45) is 0.737. The number of benzene rings is 2. The van der Waals surface area contributed by atoms with Crippen molar-refractivity contribution in [1.29, 1.82) is 0 Å². The van der Waals surface area contributed by atoms with Crippen LogP contribution in [0.4, 0.5) is 4.79 Å². The number of carbonyl (C=O) groups is 3. The zero-order chi connectivity index (χ0) is 24.2. The number of rotatable bonds is 6. The van der Waals surface area contributed by atoms with Crippen LogP contribution < -0.4 is 5.32 Å². The highest BCUT2D eigenvalue weighted by Gasteiger charge is 2.63. The monoisotopic (exact) mass is 476 g/mol. The van der Waals surface area contributed by atoms with E-state index >= 15 is 0 Å². The van der Waals surface area contributed by atoms with Gasteiger partial charge in [-0.1, -0.05) is 48.5 Å². The summed E-state index contributed by atoms with van der Waals surface area (Å²) in [4.78, 5) is 38.7. The third-order valence-corrected chi connectivity index (χ3v) is 8.12. The average Bonchev–Trinajstić information content (AvgIpc) is 3.61. The maximum atomic E-state index is 13.0. The SMILES string of the molecule is O=C(NC[C@@H]1C[C@H](C(=O)N2CC3CC2(C(=O)O)C3)CO1)OCC1c2ccccc2-c2ccccc21. The number of amides is 2. The topological polar surface area (TPSA) is 105 Å². The molecule has 3 aliphatic heterocycles. The Balaban J connectivity index is 1.01. The maximum absolute atomic E-state index is 13.0. The molecule has 0 radical (unpaired) electrons. The Kier molecular flexibility index (Phi) is 5.29. The van der Waals surface area contributed by atoms with Crippen LogP contribution >= 0.6 is 0 Å². The quantitative estimate of drug-likeness (QED) is 0.664. The summed E-state index contributed by atoms with van der Waals surface area (Å²) in [5.41, 5.74) is 3.64. The average molecular weight is 477 g/mol. The molecule has 7 rings (SSSR count). The van der Waals surface area contributed by atoms with E-state index in [2.05, 4.69) is 29.6 Å². The Bertz CT molecular complexity index is 1140. The van der Waals surface area contributed by atoms with Crippen molar-refractivity contribution in [1.82, 2.24) is 10.2 Å². The number of hydrogen-bond acceptors (Lipinski definition) is 5. The molecule has 2 N–H and O–H groups in total. The number of alkyl carbamates (subject to hydrolysis) is 1. The lowest BCUT2D eigenvalue weighted by atomic mass is 9.73. The summed E-state index contributed by atoms with van der Waals surface area (Å²) in [6, 6.07) is 16.3. The molecule has 2 atom stereocenters. The summed E-state index contributed by atoms with van der Waals surface area (Å²) in [5, 5.41) is 12.4. The molecule has 2 aromatic rings. The molecule has 2 aromatic carbocycles. The lowest BCUT2D eigenvalue weighted by molar-refractivity contribution is -0.159. The minimum absolute atomic E-state index is 0.00819. The first kappa shape index (κ1) is 22.1. The number of nitrogens with zero attached hydrogens (tertiary/aromatic N) is 1. The van der Waals surface area contributed by atoms with Gasteiger partial charge in [0.05, 0.1) is 18.6 Å². The van der Waals surface area contributed by atoms with Gasteiger partial charge in [-0.15, -0.1) is 0 Å². The number of fused-ring (bicyclic) bond motifs is 4. The van der Waals surface area contributed by atoms with Crippen LogP contribution in [0.15, 0.2) is 48.5 Å². The third-order valence-electron chi connectivity index (χ3n) is 8.12. The highest BCUT2D eigenvalue weighted by molar-refractivity contribution is 5.90. The molecule has 182 valence electrons. The van der Waals surface area contributed by atoms with Gasteiger partial charge in [-0.3, -0.25) is 4.79 Å². The van der Waals surface area contributed by atoms with E-state index in [4.69, 9.17) is 9.47 Å². The molecule has 8 heteroatoms. The predicted octanol–water partition coefficient (Wildman–Crippen LogP) is 3.01. The molecule has 0 spiro atoms. The Morgan fingerprint density at radius 2 is 1.71 bits per heavy atom. The third kappa shape index (κ3) is 3.58. The Morgan fingerprint density at radius 3 is 2.37 bits per heavy atom. The maximum Gasteiger partial charge on any atom is 0.407 e. The lowest BCUT2D eigenvalue weighted by Crippen LogP contribution is -2.55. The molecule has 2 bridgehead atoms. The van der Waals surface area contributed by atoms with Crippen LogP contribution in [0.25, 0.3) is 11.1 Å². The minimum atomic E-state index is -1.01. The van der Waals surface area contributed by atoms with Gasteiger partial charge < -0.3 is 24.8 Å². The lowest BCUT2D eigenvalue weighted by Gasteiger charge is -2.38. The second kappa shape index (κ2) is 8.37. The van der Waals surface area contributed by atoms with E-state index < -0.39 is 17.6 Å². The van der Waals surface area contributed by atoms with Crippen LogP contribution in [0, 0.1) is 11.8 Å². The van der Waals surface area contributed by atoms with E-state index in [0.717, 1.165) is 11.1 Å². The van der Waals surface area contributed by atoms with Gasteiger partial charge in [-0.2, -0.15) is 0 Å². The van der Waals surface area contributed by atoms with Crippen molar-refractivity contribution in [3.05, 3.63) is 59.7 Å². The van der Waals surface area contributed by atoms with Crippen molar-refractivity contribution in [2.75, 3.05) is 26.3 Å². The van der Waals surface area contributed by atoms with Crippen LogP contribution in [0.5, 0.6) is 0 Å².